The lowest BCUT2D eigenvalue weighted by Crippen LogP contribution is -2.27. The third kappa shape index (κ3) is 3.48. The van der Waals surface area contributed by atoms with Crippen molar-refractivity contribution < 1.29 is 4.79 Å². The number of rotatable bonds is 5. The monoisotopic (exact) mass is 250 g/mol. The third-order valence-electron chi connectivity index (χ3n) is 3.70. The van der Waals surface area contributed by atoms with Gasteiger partial charge in [-0.2, -0.15) is 5.10 Å². The molecule has 3 N–H and O–H groups in total. The van der Waals surface area contributed by atoms with Gasteiger partial charge in [-0.3, -0.25) is 9.48 Å². The van der Waals surface area contributed by atoms with Crippen molar-refractivity contribution in [3.63, 3.8) is 0 Å². The number of hydrogen-bond acceptors (Lipinski definition) is 3. The fourth-order valence-electron chi connectivity index (χ4n) is 2.70. The number of amides is 1. The Morgan fingerprint density at radius 2 is 2.28 bits per heavy atom. The number of aromatic nitrogens is 2. The summed E-state index contributed by atoms with van der Waals surface area (Å²) in [5.41, 5.74) is 6.10. The standard InChI is InChI=1S/C13H22N4O/c1-10(11-5-3-2-4-6-11)16-12-7-15-17(8-12)9-13(14)18/h7-8,10-11,16H,2-6,9H2,1H3,(H2,14,18). The summed E-state index contributed by atoms with van der Waals surface area (Å²) in [6.07, 6.45) is 10.3. The van der Waals surface area contributed by atoms with Crippen LogP contribution < -0.4 is 11.1 Å². The van der Waals surface area contributed by atoms with Crippen molar-refractivity contribution in [2.24, 2.45) is 11.7 Å². The van der Waals surface area contributed by atoms with Crippen LogP contribution >= 0.6 is 0 Å². The second-order valence-electron chi connectivity index (χ2n) is 5.22. The van der Waals surface area contributed by atoms with Crippen LogP contribution in [0.2, 0.25) is 0 Å². The Bertz CT molecular complexity index is 395. The Labute approximate surface area is 108 Å². The maximum absolute atomic E-state index is 10.8. The summed E-state index contributed by atoms with van der Waals surface area (Å²) in [7, 11) is 0. The van der Waals surface area contributed by atoms with Gasteiger partial charge < -0.3 is 11.1 Å². The molecular formula is C13H22N4O. The van der Waals surface area contributed by atoms with Crippen LogP contribution in [-0.2, 0) is 11.3 Å². The first kappa shape index (κ1) is 12.9. The molecule has 1 saturated carbocycles. The Hall–Kier alpha value is -1.52. The first-order valence-corrected chi connectivity index (χ1v) is 6.72. The summed E-state index contributed by atoms with van der Waals surface area (Å²) in [6.45, 7) is 2.36. The average Bonchev–Trinajstić information content (AvgIpc) is 2.76. The molecule has 1 fully saturated rings. The molecular weight excluding hydrogens is 228 g/mol. The van der Waals surface area contributed by atoms with E-state index in [0.717, 1.165) is 11.6 Å². The van der Waals surface area contributed by atoms with Gasteiger partial charge in [0.15, 0.2) is 0 Å². The van der Waals surface area contributed by atoms with Gasteiger partial charge in [-0.15, -0.1) is 0 Å². The molecule has 0 spiro atoms. The van der Waals surface area contributed by atoms with Crippen molar-refractivity contribution >= 4 is 11.6 Å². The topological polar surface area (TPSA) is 72.9 Å². The highest BCUT2D eigenvalue weighted by Crippen LogP contribution is 2.27. The number of hydrogen-bond donors (Lipinski definition) is 2. The summed E-state index contributed by atoms with van der Waals surface area (Å²) in [5, 5.41) is 7.58. The molecule has 5 nitrogen and oxygen atoms in total. The van der Waals surface area contributed by atoms with Crippen LogP contribution in [0.3, 0.4) is 0 Å². The highest BCUT2D eigenvalue weighted by atomic mass is 16.1. The lowest BCUT2D eigenvalue weighted by molar-refractivity contribution is -0.118. The Balaban J connectivity index is 1.87. The number of primary amides is 1. The van der Waals surface area contributed by atoms with Gasteiger partial charge in [0.05, 0.1) is 11.9 Å². The molecule has 1 aliphatic rings. The number of carbonyl (C=O) groups excluding carboxylic acids is 1. The van der Waals surface area contributed by atoms with Gasteiger partial charge in [0, 0.05) is 12.2 Å². The molecule has 1 atom stereocenters. The van der Waals surface area contributed by atoms with E-state index in [4.69, 9.17) is 5.73 Å². The lowest BCUT2D eigenvalue weighted by atomic mass is 9.84. The SMILES string of the molecule is CC(Nc1cnn(CC(N)=O)c1)C1CCCCC1. The molecule has 1 heterocycles. The normalized spacial score (nSPS) is 18.5. The Kier molecular flexibility index (Phi) is 4.23. The lowest BCUT2D eigenvalue weighted by Gasteiger charge is -2.28. The fourth-order valence-corrected chi connectivity index (χ4v) is 2.70. The van der Waals surface area contributed by atoms with Gasteiger partial charge in [0.2, 0.25) is 5.91 Å². The van der Waals surface area contributed by atoms with Crippen molar-refractivity contribution in [3.05, 3.63) is 12.4 Å². The van der Waals surface area contributed by atoms with E-state index in [1.54, 1.807) is 10.9 Å². The summed E-state index contributed by atoms with van der Waals surface area (Å²) < 4.78 is 1.57. The molecule has 18 heavy (non-hydrogen) atoms. The van der Waals surface area contributed by atoms with Crippen LogP contribution in [-0.4, -0.2) is 21.7 Å². The van der Waals surface area contributed by atoms with Crippen LogP contribution in [0, 0.1) is 5.92 Å². The maximum Gasteiger partial charge on any atom is 0.239 e. The molecule has 2 rings (SSSR count). The van der Waals surface area contributed by atoms with Gasteiger partial charge in [-0.05, 0) is 25.7 Å². The summed E-state index contributed by atoms with van der Waals surface area (Å²) in [6, 6.07) is 0.455. The van der Waals surface area contributed by atoms with Crippen LogP contribution in [0.25, 0.3) is 0 Å². The second-order valence-corrected chi connectivity index (χ2v) is 5.22. The van der Waals surface area contributed by atoms with E-state index in [1.165, 1.54) is 32.1 Å². The summed E-state index contributed by atoms with van der Waals surface area (Å²) in [5.74, 6) is 0.378. The first-order valence-electron chi connectivity index (χ1n) is 6.72. The molecule has 0 aromatic carbocycles. The van der Waals surface area contributed by atoms with Crippen molar-refractivity contribution in [3.8, 4) is 0 Å². The van der Waals surface area contributed by atoms with Crippen LogP contribution in [0.5, 0.6) is 0 Å². The van der Waals surface area contributed by atoms with Crippen LogP contribution in [0.4, 0.5) is 5.69 Å². The molecule has 100 valence electrons. The first-order chi connectivity index (χ1) is 8.65. The zero-order valence-corrected chi connectivity index (χ0v) is 10.9. The Morgan fingerprint density at radius 1 is 1.56 bits per heavy atom. The van der Waals surface area contributed by atoms with E-state index in [0.29, 0.717) is 6.04 Å². The maximum atomic E-state index is 10.8. The van der Waals surface area contributed by atoms with E-state index in [2.05, 4.69) is 17.3 Å². The summed E-state index contributed by atoms with van der Waals surface area (Å²) in [4.78, 5) is 10.8. The van der Waals surface area contributed by atoms with Crippen molar-refractivity contribution in [1.82, 2.24) is 9.78 Å². The smallest absolute Gasteiger partial charge is 0.239 e. The van der Waals surface area contributed by atoms with E-state index in [-0.39, 0.29) is 12.5 Å². The molecule has 0 bridgehead atoms. The fraction of sp³-hybridized carbons (Fsp3) is 0.692. The minimum atomic E-state index is -0.370. The van der Waals surface area contributed by atoms with Gasteiger partial charge in [0.1, 0.15) is 6.54 Å². The average molecular weight is 250 g/mol. The predicted octanol–water partition coefficient (Wildman–Crippen LogP) is 1.75. The van der Waals surface area contributed by atoms with E-state index in [1.807, 2.05) is 6.20 Å². The zero-order valence-electron chi connectivity index (χ0n) is 10.9. The second kappa shape index (κ2) is 5.89. The molecule has 0 saturated heterocycles. The minimum Gasteiger partial charge on any atom is -0.380 e. The molecule has 0 radical (unpaired) electrons. The predicted molar refractivity (Wildman–Crippen MR) is 71.1 cm³/mol. The molecule has 0 aliphatic heterocycles. The number of carbonyl (C=O) groups is 1. The van der Waals surface area contributed by atoms with Crippen molar-refractivity contribution in [2.75, 3.05) is 5.32 Å². The molecule has 5 heteroatoms. The van der Waals surface area contributed by atoms with E-state index < -0.39 is 0 Å². The number of nitrogens with one attached hydrogen (secondary N) is 1. The van der Waals surface area contributed by atoms with E-state index in [9.17, 15) is 4.79 Å². The summed E-state index contributed by atoms with van der Waals surface area (Å²) >= 11 is 0. The molecule has 1 aromatic rings. The van der Waals surface area contributed by atoms with Crippen molar-refractivity contribution in [1.29, 1.82) is 0 Å². The Morgan fingerprint density at radius 3 is 2.94 bits per heavy atom. The third-order valence-corrected chi connectivity index (χ3v) is 3.70. The number of anilines is 1. The van der Waals surface area contributed by atoms with Crippen LogP contribution in [0.1, 0.15) is 39.0 Å². The highest BCUT2D eigenvalue weighted by Gasteiger charge is 2.20. The van der Waals surface area contributed by atoms with Crippen LogP contribution in [0.15, 0.2) is 12.4 Å². The van der Waals surface area contributed by atoms with Gasteiger partial charge >= 0.3 is 0 Å². The largest absolute Gasteiger partial charge is 0.380 e. The quantitative estimate of drug-likeness (QED) is 0.836. The van der Waals surface area contributed by atoms with E-state index >= 15 is 0 Å². The minimum absolute atomic E-state index is 0.138. The van der Waals surface area contributed by atoms with Gasteiger partial charge in [-0.25, -0.2) is 0 Å². The number of nitrogens with two attached hydrogens (primary N) is 1. The van der Waals surface area contributed by atoms with Gasteiger partial charge in [0.25, 0.3) is 0 Å². The highest BCUT2D eigenvalue weighted by molar-refractivity contribution is 5.73. The zero-order chi connectivity index (χ0) is 13.0. The van der Waals surface area contributed by atoms with Gasteiger partial charge in [-0.1, -0.05) is 19.3 Å². The molecule has 1 amide bonds. The van der Waals surface area contributed by atoms with Crippen molar-refractivity contribution in [2.45, 2.75) is 51.6 Å². The molecule has 1 aromatic heterocycles. The molecule has 1 aliphatic carbocycles. The molecule has 1 unspecified atom stereocenters. The number of nitrogens with zero attached hydrogens (tertiary/aromatic N) is 2.